The van der Waals surface area contributed by atoms with E-state index < -0.39 is 11.7 Å². The molecule has 80 valence electrons. The minimum atomic E-state index is -1.41. The molecule has 5 heteroatoms. The monoisotopic (exact) mass is 212 g/mol. The van der Waals surface area contributed by atoms with Crippen LogP contribution in [-0.2, 0) is 4.79 Å². The summed E-state index contributed by atoms with van der Waals surface area (Å²) in [4.78, 5) is 10.3. The van der Waals surface area contributed by atoms with Gasteiger partial charge in [0.2, 0.25) is 5.76 Å². The number of carboxylic acids is 1. The summed E-state index contributed by atoms with van der Waals surface area (Å²) < 4.78 is 4.82. The van der Waals surface area contributed by atoms with Gasteiger partial charge in [0.15, 0.2) is 11.5 Å². The number of aromatic hydroxyl groups is 1. The van der Waals surface area contributed by atoms with Gasteiger partial charge in [-0.15, -0.1) is 0 Å². The summed E-state index contributed by atoms with van der Waals surface area (Å²) >= 11 is 0. The Balaban J connectivity index is 3.07. The largest absolute Gasteiger partial charge is 0.504 e. The summed E-state index contributed by atoms with van der Waals surface area (Å²) in [5.74, 6) is -2.03. The van der Waals surface area contributed by atoms with Gasteiger partial charge in [-0.25, -0.2) is 4.79 Å². The van der Waals surface area contributed by atoms with Crippen LogP contribution < -0.4 is 4.74 Å². The molecular formula is C10H10O5. The predicted molar refractivity (Wildman–Crippen MR) is 52.9 cm³/mol. The van der Waals surface area contributed by atoms with Crippen LogP contribution in [0.2, 0.25) is 0 Å². The quantitative estimate of drug-likeness (QED) is 0.400. The van der Waals surface area contributed by atoms with E-state index in [-0.39, 0.29) is 11.5 Å². The molecule has 0 saturated carbocycles. The molecule has 1 rings (SSSR count). The molecule has 15 heavy (non-hydrogen) atoms. The zero-order chi connectivity index (χ0) is 11.4. The van der Waals surface area contributed by atoms with Crippen molar-refractivity contribution in [3.05, 3.63) is 29.5 Å². The van der Waals surface area contributed by atoms with Crippen molar-refractivity contribution < 1.29 is 24.9 Å². The molecular weight excluding hydrogens is 202 g/mol. The Bertz CT molecular complexity index is 408. The third kappa shape index (κ3) is 2.63. The number of aliphatic carboxylic acids is 1. The highest BCUT2D eigenvalue weighted by Crippen LogP contribution is 2.26. The van der Waals surface area contributed by atoms with E-state index in [1.54, 1.807) is 0 Å². The molecule has 0 spiro atoms. The normalized spacial score (nSPS) is 11.1. The van der Waals surface area contributed by atoms with Crippen molar-refractivity contribution in [1.82, 2.24) is 0 Å². The van der Waals surface area contributed by atoms with Gasteiger partial charge in [-0.2, -0.15) is 0 Å². The molecule has 0 amide bonds. The van der Waals surface area contributed by atoms with Gasteiger partial charge in [0.25, 0.3) is 0 Å². The first-order chi connectivity index (χ1) is 7.04. The molecule has 0 atom stereocenters. The summed E-state index contributed by atoms with van der Waals surface area (Å²) in [6.07, 6.45) is 1.06. The molecule has 0 fully saturated rings. The number of hydrogen-bond acceptors (Lipinski definition) is 4. The second-order valence-corrected chi connectivity index (χ2v) is 2.77. The van der Waals surface area contributed by atoms with Gasteiger partial charge in [-0.3, -0.25) is 0 Å². The zero-order valence-corrected chi connectivity index (χ0v) is 7.97. The minimum Gasteiger partial charge on any atom is -0.504 e. The van der Waals surface area contributed by atoms with E-state index in [0.717, 1.165) is 6.08 Å². The highest BCUT2D eigenvalue weighted by Gasteiger charge is 2.05. The summed E-state index contributed by atoms with van der Waals surface area (Å²) in [6, 6.07) is 4.21. The first kappa shape index (κ1) is 10.9. The number of methoxy groups -OCH3 is 1. The number of phenolic OH excluding ortho intramolecular Hbond substituents is 1. The van der Waals surface area contributed by atoms with Crippen LogP contribution in [0.25, 0.3) is 6.08 Å². The fourth-order valence-electron chi connectivity index (χ4n) is 1.00. The second-order valence-electron chi connectivity index (χ2n) is 2.77. The van der Waals surface area contributed by atoms with E-state index in [1.807, 2.05) is 0 Å². The standard InChI is InChI=1S/C10H10O5/c1-15-9-5-6(2-3-7(9)11)4-8(12)10(13)14/h2-5,11-12H,1H3,(H,13,14)/b8-4-/i4+1,10+1. The van der Waals surface area contributed by atoms with Crippen LogP contribution in [0.4, 0.5) is 0 Å². The lowest BCUT2D eigenvalue weighted by molar-refractivity contribution is -0.135. The molecule has 0 unspecified atom stereocenters. The highest BCUT2D eigenvalue weighted by molar-refractivity contribution is 5.89. The number of phenols is 1. The SMILES string of the molecule is COc1cc(/[13CH]=C(\O)[13C](=O)O)ccc1O. The van der Waals surface area contributed by atoms with Crippen molar-refractivity contribution in [1.29, 1.82) is 0 Å². The van der Waals surface area contributed by atoms with Crippen molar-refractivity contribution in [2.75, 3.05) is 7.11 Å². The number of aliphatic hydroxyl groups is 1. The molecule has 0 aliphatic rings. The van der Waals surface area contributed by atoms with Crippen LogP contribution in [0.15, 0.2) is 24.0 Å². The summed E-state index contributed by atoms with van der Waals surface area (Å²) in [7, 11) is 1.37. The van der Waals surface area contributed by atoms with E-state index >= 15 is 0 Å². The molecule has 1 aromatic rings. The van der Waals surface area contributed by atoms with Gasteiger partial charge in [0.1, 0.15) is 0 Å². The van der Waals surface area contributed by atoms with Gasteiger partial charge in [0.05, 0.1) is 7.11 Å². The summed E-state index contributed by atoms with van der Waals surface area (Å²) in [5, 5.41) is 26.7. The molecule has 0 heterocycles. The smallest absolute Gasteiger partial charge is 0.370 e. The van der Waals surface area contributed by atoms with Crippen molar-refractivity contribution in [2.45, 2.75) is 0 Å². The zero-order valence-electron chi connectivity index (χ0n) is 7.97. The van der Waals surface area contributed by atoms with Gasteiger partial charge >= 0.3 is 5.97 Å². The van der Waals surface area contributed by atoms with E-state index in [1.165, 1.54) is 25.3 Å². The molecule has 0 aliphatic carbocycles. The van der Waals surface area contributed by atoms with E-state index in [2.05, 4.69) is 0 Å². The average molecular weight is 212 g/mol. The van der Waals surface area contributed by atoms with Crippen molar-refractivity contribution in [2.24, 2.45) is 0 Å². The fraction of sp³-hybridized carbons (Fsp3) is 0.100. The maximum absolute atomic E-state index is 10.3. The molecule has 1 aromatic carbocycles. The van der Waals surface area contributed by atoms with Crippen molar-refractivity contribution in [3.63, 3.8) is 0 Å². The van der Waals surface area contributed by atoms with Crippen molar-refractivity contribution in [3.8, 4) is 11.5 Å². The lowest BCUT2D eigenvalue weighted by Gasteiger charge is -2.03. The number of ether oxygens (including phenoxy) is 1. The van der Waals surface area contributed by atoms with Gasteiger partial charge in [-0.05, 0) is 23.8 Å². The van der Waals surface area contributed by atoms with Gasteiger partial charge in [0, 0.05) is 0 Å². The Labute approximate surface area is 85.9 Å². The molecule has 3 N–H and O–H groups in total. The molecule has 0 radical (unpaired) electrons. The van der Waals surface area contributed by atoms with E-state index in [4.69, 9.17) is 14.9 Å². The van der Waals surface area contributed by atoms with Crippen LogP contribution >= 0.6 is 0 Å². The number of hydrogen-bond donors (Lipinski definition) is 3. The average Bonchev–Trinajstić information content (AvgIpc) is 2.20. The first-order valence-corrected chi connectivity index (χ1v) is 4.05. The fourth-order valence-corrected chi connectivity index (χ4v) is 1.00. The highest BCUT2D eigenvalue weighted by atomic mass is 16.5. The molecule has 0 bridgehead atoms. The second kappa shape index (κ2) is 4.36. The number of aliphatic hydroxyl groups excluding tert-OH is 1. The molecule has 0 aliphatic heterocycles. The Morgan fingerprint density at radius 1 is 1.40 bits per heavy atom. The van der Waals surface area contributed by atoms with Crippen LogP contribution in [0.5, 0.6) is 11.5 Å². The van der Waals surface area contributed by atoms with Crippen LogP contribution in [-0.4, -0.2) is 28.4 Å². The Morgan fingerprint density at radius 2 is 2.07 bits per heavy atom. The third-order valence-electron chi connectivity index (χ3n) is 1.73. The summed E-state index contributed by atoms with van der Waals surface area (Å²) in [6.45, 7) is 0. The number of carbonyl (C=O) groups is 1. The third-order valence-corrected chi connectivity index (χ3v) is 1.73. The van der Waals surface area contributed by atoms with Crippen molar-refractivity contribution >= 4 is 12.0 Å². The predicted octanol–water partition coefficient (Wildman–Crippen LogP) is 1.38. The lowest BCUT2D eigenvalue weighted by Crippen LogP contribution is -1.98. The maximum Gasteiger partial charge on any atom is 0.370 e. The molecule has 0 aromatic heterocycles. The van der Waals surface area contributed by atoms with Gasteiger partial charge in [-0.1, -0.05) is 6.07 Å². The van der Waals surface area contributed by atoms with E-state index in [0.29, 0.717) is 5.56 Å². The Morgan fingerprint density at radius 3 is 2.60 bits per heavy atom. The van der Waals surface area contributed by atoms with Gasteiger partial charge < -0.3 is 20.1 Å². The Hall–Kier alpha value is -2.17. The first-order valence-electron chi connectivity index (χ1n) is 4.05. The lowest BCUT2D eigenvalue weighted by atomic mass is 10.2. The maximum atomic E-state index is 10.3. The van der Waals surface area contributed by atoms with Crippen LogP contribution in [0, 0.1) is 0 Å². The number of rotatable bonds is 3. The topological polar surface area (TPSA) is 87.0 Å². The summed E-state index contributed by atoms with van der Waals surface area (Å²) in [5.41, 5.74) is 0.421. The molecule has 0 saturated heterocycles. The number of carboxylic acid groups (broad SMARTS) is 1. The molecule has 5 nitrogen and oxygen atoms in total. The van der Waals surface area contributed by atoms with Crippen LogP contribution in [0.1, 0.15) is 5.56 Å². The van der Waals surface area contributed by atoms with Crippen LogP contribution in [0.3, 0.4) is 0 Å². The Kier molecular flexibility index (Phi) is 3.17. The number of benzene rings is 1. The van der Waals surface area contributed by atoms with E-state index in [9.17, 15) is 9.90 Å². The minimum absolute atomic E-state index is 0.0514.